The van der Waals surface area contributed by atoms with Crippen LogP contribution in [-0.4, -0.2) is 80.1 Å². The maximum atomic E-state index is 13.9. The van der Waals surface area contributed by atoms with Gasteiger partial charge in [0.1, 0.15) is 6.04 Å². The van der Waals surface area contributed by atoms with Crippen molar-refractivity contribution in [3.63, 3.8) is 0 Å². The number of amides is 2. The number of likely N-dealkylation sites (tertiary alicyclic amines) is 1. The zero-order valence-corrected chi connectivity index (χ0v) is 18.7. The average Bonchev–Trinajstić information content (AvgIpc) is 3.04. The number of nitrogens with zero attached hydrogens (tertiary/aromatic N) is 2. The fourth-order valence-corrected chi connectivity index (χ4v) is 7.20. The highest BCUT2D eigenvalue weighted by atomic mass is 32.2. The molecule has 8 heteroatoms. The molecule has 164 valence electrons. The molecule has 4 heterocycles. The van der Waals surface area contributed by atoms with Crippen molar-refractivity contribution in [1.82, 2.24) is 9.80 Å². The number of esters is 1. The molecule has 1 N–H and O–H groups in total. The highest BCUT2D eigenvalue weighted by molar-refractivity contribution is 8.02. The second kappa shape index (κ2) is 7.41. The Morgan fingerprint density at radius 1 is 1.27 bits per heavy atom. The molecule has 1 unspecified atom stereocenters. The lowest BCUT2D eigenvalue weighted by molar-refractivity contribution is -0.153. The summed E-state index contributed by atoms with van der Waals surface area (Å²) in [4.78, 5) is 43.8. The molecule has 0 aromatic rings. The van der Waals surface area contributed by atoms with E-state index in [1.165, 1.54) is 16.7 Å². The Kier molecular flexibility index (Phi) is 5.29. The van der Waals surface area contributed by atoms with E-state index in [0.29, 0.717) is 19.6 Å². The van der Waals surface area contributed by atoms with E-state index in [1.807, 2.05) is 45.1 Å². The van der Waals surface area contributed by atoms with Gasteiger partial charge in [-0.3, -0.25) is 14.4 Å². The number of carbonyl (C=O) groups is 3. The predicted molar refractivity (Wildman–Crippen MR) is 114 cm³/mol. The van der Waals surface area contributed by atoms with Gasteiger partial charge in [-0.05, 0) is 34.1 Å². The lowest BCUT2D eigenvalue weighted by Crippen LogP contribution is -2.59. The molecule has 2 amide bonds. The molecule has 2 saturated heterocycles. The zero-order valence-electron chi connectivity index (χ0n) is 17.9. The van der Waals surface area contributed by atoms with Crippen LogP contribution in [0.4, 0.5) is 0 Å². The van der Waals surface area contributed by atoms with Crippen molar-refractivity contribution >= 4 is 29.5 Å². The number of ether oxygens (including phenoxy) is 1. The van der Waals surface area contributed by atoms with Crippen molar-refractivity contribution in [1.29, 1.82) is 0 Å². The van der Waals surface area contributed by atoms with Crippen LogP contribution in [0.15, 0.2) is 24.3 Å². The minimum absolute atomic E-state index is 0.136. The van der Waals surface area contributed by atoms with Gasteiger partial charge in [-0.1, -0.05) is 24.3 Å². The van der Waals surface area contributed by atoms with Gasteiger partial charge in [0.05, 0.1) is 35.8 Å². The molecule has 1 spiro atoms. The Morgan fingerprint density at radius 2 is 2.00 bits per heavy atom. The number of cyclic esters (lactones) is 1. The van der Waals surface area contributed by atoms with Crippen LogP contribution < -0.4 is 0 Å². The number of aliphatic hydroxyl groups is 1. The maximum absolute atomic E-state index is 13.9. The van der Waals surface area contributed by atoms with Crippen molar-refractivity contribution in [3.8, 4) is 0 Å². The first-order chi connectivity index (χ1) is 14.1. The lowest BCUT2D eigenvalue weighted by atomic mass is 9.78. The summed E-state index contributed by atoms with van der Waals surface area (Å²) < 4.78 is 4.58. The third-order valence-corrected chi connectivity index (χ3v) is 8.35. The summed E-state index contributed by atoms with van der Waals surface area (Å²) in [6.45, 7) is 8.15. The van der Waals surface area contributed by atoms with Gasteiger partial charge in [-0.25, -0.2) is 0 Å². The first kappa shape index (κ1) is 21.4. The Morgan fingerprint density at radius 3 is 2.67 bits per heavy atom. The summed E-state index contributed by atoms with van der Waals surface area (Å²) in [6.07, 6.45) is 8.57. The van der Waals surface area contributed by atoms with Gasteiger partial charge in [-0.15, -0.1) is 11.8 Å². The first-order valence-electron chi connectivity index (χ1n) is 10.6. The molecule has 4 aliphatic rings. The third kappa shape index (κ3) is 3.02. The van der Waals surface area contributed by atoms with Gasteiger partial charge in [0.15, 0.2) is 0 Å². The van der Waals surface area contributed by atoms with Gasteiger partial charge >= 0.3 is 5.97 Å². The molecule has 0 aromatic carbocycles. The highest BCUT2D eigenvalue weighted by Crippen LogP contribution is 2.61. The van der Waals surface area contributed by atoms with Crippen molar-refractivity contribution < 1.29 is 24.2 Å². The molecule has 30 heavy (non-hydrogen) atoms. The fraction of sp³-hybridized carbons (Fsp3) is 0.682. The number of thioether (sulfide) groups is 1. The molecule has 0 bridgehead atoms. The van der Waals surface area contributed by atoms with Gasteiger partial charge < -0.3 is 19.6 Å². The van der Waals surface area contributed by atoms with Crippen molar-refractivity contribution in [2.75, 3.05) is 19.8 Å². The van der Waals surface area contributed by atoms with E-state index in [2.05, 4.69) is 0 Å². The van der Waals surface area contributed by atoms with Crippen LogP contribution in [0.5, 0.6) is 0 Å². The van der Waals surface area contributed by atoms with Crippen molar-refractivity contribution in [3.05, 3.63) is 24.3 Å². The van der Waals surface area contributed by atoms with Crippen LogP contribution in [0.25, 0.3) is 0 Å². The van der Waals surface area contributed by atoms with Gasteiger partial charge in [0.25, 0.3) is 0 Å². The molecular formula is C22H30N2O5S. The largest absolute Gasteiger partial charge is 0.465 e. The summed E-state index contributed by atoms with van der Waals surface area (Å²) in [5, 5.41) is 9.64. The fourth-order valence-electron chi connectivity index (χ4n) is 5.21. The quantitative estimate of drug-likeness (QED) is 0.522. The summed E-state index contributed by atoms with van der Waals surface area (Å²) in [5.74, 6) is -2.09. The monoisotopic (exact) mass is 434 g/mol. The Hall–Kier alpha value is -1.80. The first-order valence-corrected chi connectivity index (χ1v) is 11.4. The van der Waals surface area contributed by atoms with Gasteiger partial charge in [0.2, 0.25) is 11.8 Å². The van der Waals surface area contributed by atoms with Crippen LogP contribution in [0.3, 0.4) is 0 Å². The second-order valence-corrected chi connectivity index (χ2v) is 11.0. The number of hydrogen-bond acceptors (Lipinski definition) is 6. The number of carbonyl (C=O) groups excluding carboxylic acids is 3. The number of aliphatic hydroxyl groups excluding tert-OH is 1. The minimum atomic E-state index is -0.860. The SMILES string of the molecule is C[C@H](CO)N1C(=O)[C@@H]2[C@H]3C(=O)OCCC=C[C@H]3S[C@@]23C=CCN(C(C)(C)C)C(=O)C13. The smallest absolute Gasteiger partial charge is 0.311 e. The topological polar surface area (TPSA) is 87.2 Å². The van der Waals surface area contributed by atoms with Crippen LogP contribution in [0.2, 0.25) is 0 Å². The van der Waals surface area contributed by atoms with E-state index in [9.17, 15) is 19.5 Å². The van der Waals surface area contributed by atoms with Crippen molar-refractivity contribution in [2.45, 2.75) is 61.7 Å². The maximum Gasteiger partial charge on any atom is 0.311 e. The van der Waals surface area contributed by atoms with Crippen LogP contribution >= 0.6 is 11.8 Å². The third-order valence-electron chi connectivity index (χ3n) is 6.61. The van der Waals surface area contributed by atoms with Crippen LogP contribution in [-0.2, 0) is 19.1 Å². The van der Waals surface area contributed by atoms with Crippen LogP contribution in [0, 0.1) is 11.8 Å². The van der Waals surface area contributed by atoms with E-state index in [-0.39, 0.29) is 29.6 Å². The van der Waals surface area contributed by atoms with E-state index >= 15 is 0 Å². The van der Waals surface area contributed by atoms with Crippen LogP contribution in [0.1, 0.15) is 34.1 Å². The number of rotatable bonds is 2. The van der Waals surface area contributed by atoms with E-state index < -0.39 is 34.2 Å². The summed E-state index contributed by atoms with van der Waals surface area (Å²) in [5.41, 5.74) is -0.425. The minimum Gasteiger partial charge on any atom is -0.465 e. The lowest BCUT2D eigenvalue weighted by Gasteiger charge is -2.41. The molecular weight excluding hydrogens is 404 g/mol. The van der Waals surface area contributed by atoms with E-state index in [4.69, 9.17) is 4.74 Å². The Labute approximate surface area is 181 Å². The molecule has 2 fully saturated rings. The highest BCUT2D eigenvalue weighted by Gasteiger charge is 2.71. The standard InChI is InChI=1S/C22H30N2O5S/c1-13(12-25)24-17-19(27)23(21(2,3)4)10-7-9-22(17)16(18(24)26)15-14(30-22)8-5-6-11-29-20(15)28/h5,7-9,13-17,25H,6,10-12H2,1-4H3/t13-,14-,15+,16+,17?,22+/m1/s1. The molecule has 4 aliphatic heterocycles. The molecule has 0 aliphatic carbocycles. The second-order valence-electron chi connectivity index (χ2n) is 9.53. The summed E-state index contributed by atoms with van der Waals surface area (Å²) >= 11 is 1.52. The summed E-state index contributed by atoms with van der Waals surface area (Å²) in [7, 11) is 0. The number of fused-ring (bicyclic) bond motifs is 2. The van der Waals surface area contributed by atoms with E-state index in [1.54, 1.807) is 11.8 Å². The van der Waals surface area contributed by atoms with Gasteiger partial charge in [0, 0.05) is 17.3 Å². The predicted octanol–water partition coefficient (Wildman–Crippen LogP) is 1.36. The molecule has 7 nitrogen and oxygen atoms in total. The van der Waals surface area contributed by atoms with Crippen molar-refractivity contribution in [2.24, 2.45) is 11.8 Å². The zero-order chi connectivity index (χ0) is 21.8. The molecule has 4 rings (SSSR count). The molecule has 0 saturated carbocycles. The van der Waals surface area contributed by atoms with E-state index in [0.717, 1.165) is 0 Å². The number of hydrogen-bond donors (Lipinski definition) is 1. The molecule has 0 radical (unpaired) electrons. The normalized spacial score (nSPS) is 37.2. The average molecular weight is 435 g/mol. The molecule has 0 aromatic heterocycles. The summed E-state index contributed by atoms with van der Waals surface area (Å²) in [6, 6.07) is -1.30. The Bertz CT molecular complexity index is 819. The Balaban J connectivity index is 1.87. The molecule has 6 atom stereocenters. The van der Waals surface area contributed by atoms with Gasteiger partial charge in [-0.2, -0.15) is 0 Å².